The molecule has 0 saturated heterocycles. The molecule has 2 rings (SSSR count). The van der Waals surface area contributed by atoms with Gasteiger partial charge < -0.3 is 0 Å². The Morgan fingerprint density at radius 1 is 1.48 bits per heavy atom. The summed E-state index contributed by atoms with van der Waals surface area (Å²) in [5.41, 5.74) is 0. The molecular formula is C12H14ClF3N2O2S. The Morgan fingerprint density at radius 2 is 2.10 bits per heavy atom. The highest BCUT2D eigenvalue weighted by Gasteiger charge is 2.44. The fourth-order valence-electron chi connectivity index (χ4n) is 2.12. The number of aromatic nitrogens is 1. The fraction of sp³-hybridized carbons (Fsp3) is 0.583. The highest BCUT2D eigenvalue weighted by Crippen LogP contribution is 2.39. The maximum absolute atomic E-state index is 12.7. The standard InChI is InChI=1S/C12H14ClF3N2O2S/c1-8(9-2-3-9)18(7-12(14,15)16)21(19,20)11-6-17-5-4-10(11)13/h4-6,8-9H,2-3,7H2,1H3. The predicted molar refractivity (Wildman–Crippen MR) is 71.4 cm³/mol. The van der Waals surface area contributed by atoms with E-state index in [0.717, 1.165) is 19.0 Å². The third kappa shape index (κ3) is 3.87. The second-order valence-corrected chi connectivity index (χ2v) is 7.32. The van der Waals surface area contributed by atoms with Crippen molar-refractivity contribution in [2.24, 2.45) is 5.92 Å². The van der Waals surface area contributed by atoms with Crippen LogP contribution in [0, 0.1) is 5.92 Å². The zero-order chi connectivity index (χ0) is 15.8. The normalized spacial score (nSPS) is 18.0. The van der Waals surface area contributed by atoms with Crippen LogP contribution in [0.2, 0.25) is 5.02 Å². The lowest BCUT2D eigenvalue weighted by Crippen LogP contribution is -2.45. The van der Waals surface area contributed by atoms with E-state index in [2.05, 4.69) is 4.98 Å². The first-order valence-corrected chi connectivity index (χ1v) is 8.13. The number of hydrogen-bond donors (Lipinski definition) is 0. The second-order valence-electron chi connectivity index (χ2n) is 5.05. The van der Waals surface area contributed by atoms with Crippen molar-refractivity contribution in [3.63, 3.8) is 0 Å². The van der Waals surface area contributed by atoms with Crippen molar-refractivity contribution in [1.82, 2.24) is 9.29 Å². The Balaban J connectivity index is 2.41. The summed E-state index contributed by atoms with van der Waals surface area (Å²) in [6.45, 7) is -0.0382. The van der Waals surface area contributed by atoms with Crippen LogP contribution < -0.4 is 0 Å². The van der Waals surface area contributed by atoms with Crippen molar-refractivity contribution < 1.29 is 21.6 Å². The summed E-state index contributed by atoms with van der Waals surface area (Å²) in [6, 6.07) is 0.509. The molecule has 118 valence electrons. The van der Waals surface area contributed by atoms with Crippen LogP contribution in [0.5, 0.6) is 0 Å². The quantitative estimate of drug-likeness (QED) is 0.826. The Hall–Kier alpha value is -0.860. The molecule has 0 aromatic carbocycles. The third-order valence-electron chi connectivity index (χ3n) is 3.41. The van der Waals surface area contributed by atoms with Gasteiger partial charge >= 0.3 is 6.18 Å². The number of pyridine rings is 1. The molecule has 0 radical (unpaired) electrons. The van der Waals surface area contributed by atoms with Gasteiger partial charge in [0, 0.05) is 18.4 Å². The Kier molecular flexibility index (Phi) is 4.51. The monoisotopic (exact) mass is 342 g/mol. The summed E-state index contributed by atoms with van der Waals surface area (Å²) in [4.78, 5) is 3.24. The van der Waals surface area contributed by atoms with Gasteiger partial charge in [-0.05, 0) is 31.7 Å². The number of nitrogens with zero attached hydrogens (tertiary/aromatic N) is 2. The van der Waals surface area contributed by atoms with E-state index in [-0.39, 0.29) is 10.9 Å². The molecule has 0 N–H and O–H groups in total. The summed E-state index contributed by atoms with van der Waals surface area (Å²) in [6.07, 6.45) is -0.914. The van der Waals surface area contributed by atoms with Gasteiger partial charge in [-0.25, -0.2) is 8.42 Å². The molecule has 1 heterocycles. The highest BCUT2D eigenvalue weighted by atomic mass is 35.5. The maximum atomic E-state index is 12.7. The second kappa shape index (κ2) is 5.73. The van der Waals surface area contributed by atoms with Crippen LogP contribution in [-0.2, 0) is 10.0 Å². The van der Waals surface area contributed by atoms with Crippen molar-refractivity contribution in [1.29, 1.82) is 0 Å². The summed E-state index contributed by atoms with van der Waals surface area (Å²) in [5, 5.41) is -0.139. The van der Waals surface area contributed by atoms with Crippen LogP contribution in [0.4, 0.5) is 13.2 Å². The molecule has 1 aliphatic rings. The van der Waals surface area contributed by atoms with Gasteiger partial charge in [0.2, 0.25) is 10.0 Å². The van der Waals surface area contributed by atoms with Gasteiger partial charge in [0.1, 0.15) is 11.4 Å². The van der Waals surface area contributed by atoms with Gasteiger partial charge in [0.05, 0.1) is 5.02 Å². The molecule has 0 amide bonds. The number of hydrogen-bond acceptors (Lipinski definition) is 3. The zero-order valence-electron chi connectivity index (χ0n) is 11.1. The van der Waals surface area contributed by atoms with Gasteiger partial charge in [0.15, 0.2) is 0 Å². The number of rotatable bonds is 5. The van der Waals surface area contributed by atoms with Crippen molar-refractivity contribution in [2.45, 2.75) is 36.9 Å². The molecule has 21 heavy (non-hydrogen) atoms. The molecular weight excluding hydrogens is 329 g/mol. The van der Waals surface area contributed by atoms with Crippen LogP contribution in [0.1, 0.15) is 19.8 Å². The largest absolute Gasteiger partial charge is 0.402 e. The average molecular weight is 343 g/mol. The van der Waals surface area contributed by atoms with Gasteiger partial charge in [-0.2, -0.15) is 17.5 Å². The number of alkyl halides is 3. The first-order chi connectivity index (χ1) is 9.63. The maximum Gasteiger partial charge on any atom is 0.402 e. The van der Waals surface area contributed by atoms with E-state index in [9.17, 15) is 21.6 Å². The Labute approximate surface area is 126 Å². The van der Waals surface area contributed by atoms with E-state index in [1.807, 2.05) is 0 Å². The van der Waals surface area contributed by atoms with Crippen molar-refractivity contribution >= 4 is 21.6 Å². The van der Waals surface area contributed by atoms with Gasteiger partial charge in [-0.15, -0.1) is 0 Å². The first-order valence-electron chi connectivity index (χ1n) is 6.31. The Bertz CT molecular complexity index is 617. The van der Waals surface area contributed by atoms with Crippen molar-refractivity contribution in [2.75, 3.05) is 6.54 Å². The van der Waals surface area contributed by atoms with Gasteiger partial charge in [0.25, 0.3) is 0 Å². The predicted octanol–water partition coefficient (Wildman–Crippen LogP) is 3.09. The Morgan fingerprint density at radius 3 is 2.57 bits per heavy atom. The summed E-state index contributed by atoms with van der Waals surface area (Å²) >= 11 is 5.80. The molecule has 4 nitrogen and oxygen atoms in total. The van der Waals surface area contributed by atoms with Gasteiger partial charge in [-0.3, -0.25) is 4.98 Å². The lowest BCUT2D eigenvalue weighted by molar-refractivity contribution is -0.139. The minimum atomic E-state index is -4.62. The summed E-state index contributed by atoms with van der Waals surface area (Å²) < 4.78 is 63.7. The first kappa shape index (κ1) is 16.5. The highest BCUT2D eigenvalue weighted by molar-refractivity contribution is 7.89. The van der Waals surface area contributed by atoms with Crippen molar-refractivity contribution in [3.05, 3.63) is 23.5 Å². The molecule has 0 aliphatic heterocycles. The van der Waals surface area contributed by atoms with Crippen LogP contribution in [0.25, 0.3) is 0 Å². The molecule has 9 heteroatoms. The fourth-order valence-corrected chi connectivity index (χ4v) is 4.20. The number of halogens is 4. The molecule has 1 fully saturated rings. The topological polar surface area (TPSA) is 50.3 Å². The molecule has 0 spiro atoms. The summed E-state index contributed by atoms with van der Waals surface area (Å²) in [5.74, 6) is -0.0439. The van der Waals surface area contributed by atoms with Crippen LogP contribution in [0.15, 0.2) is 23.4 Å². The molecule has 1 atom stereocenters. The van der Waals surface area contributed by atoms with E-state index in [1.54, 1.807) is 0 Å². The molecule has 1 aromatic heterocycles. The minimum Gasteiger partial charge on any atom is -0.263 e. The van der Waals surface area contributed by atoms with E-state index >= 15 is 0 Å². The molecule has 1 aromatic rings. The third-order valence-corrected chi connectivity index (χ3v) is 5.82. The number of sulfonamides is 1. The summed E-state index contributed by atoms with van der Waals surface area (Å²) in [7, 11) is -4.35. The zero-order valence-corrected chi connectivity index (χ0v) is 12.7. The van der Waals surface area contributed by atoms with E-state index in [1.165, 1.54) is 19.2 Å². The SMILES string of the molecule is CC(C1CC1)N(CC(F)(F)F)S(=O)(=O)c1cnccc1Cl. The van der Waals surface area contributed by atoms with Crippen LogP contribution >= 0.6 is 11.6 Å². The van der Waals surface area contributed by atoms with Gasteiger partial charge in [-0.1, -0.05) is 11.6 Å². The van der Waals surface area contributed by atoms with E-state index in [4.69, 9.17) is 11.6 Å². The van der Waals surface area contributed by atoms with Crippen molar-refractivity contribution in [3.8, 4) is 0 Å². The smallest absolute Gasteiger partial charge is 0.263 e. The average Bonchev–Trinajstić information content (AvgIpc) is 3.18. The van der Waals surface area contributed by atoms with Crippen LogP contribution in [-0.4, -0.2) is 36.5 Å². The molecule has 1 unspecified atom stereocenters. The van der Waals surface area contributed by atoms with E-state index < -0.39 is 33.7 Å². The molecule has 0 bridgehead atoms. The van der Waals surface area contributed by atoms with E-state index in [0.29, 0.717) is 4.31 Å². The molecule has 1 saturated carbocycles. The minimum absolute atomic E-state index is 0.0439. The molecule has 1 aliphatic carbocycles. The lowest BCUT2D eigenvalue weighted by atomic mass is 10.2. The lowest BCUT2D eigenvalue weighted by Gasteiger charge is -2.29. The van der Waals surface area contributed by atoms with Crippen LogP contribution in [0.3, 0.4) is 0 Å².